The van der Waals surface area contributed by atoms with E-state index >= 15 is 0 Å². The van der Waals surface area contributed by atoms with Gasteiger partial charge in [0.2, 0.25) is 0 Å². The predicted octanol–water partition coefficient (Wildman–Crippen LogP) is 2.26. The highest BCUT2D eigenvalue weighted by molar-refractivity contribution is 7.15. The molecule has 100 valence electrons. The minimum atomic E-state index is 0.269. The van der Waals surface area contributed by atoms with Gasteiger partial charge < -0.3 is 10.4 Å². The van der Waals surface area contributed by atoms with Crippen LogP contribution in [0.5, 0.6) is 0 Å². The van der Waals surface area contributed by atoms with Crippen LogP contribution in [-0.4, -0.2) is 27.1 Å². The number of nitrogens with one attached hydrogen (secondary N) is 1. The molecule has 5 heteroatoms. The molecule has 0 fully saturated rings. The number of imidazole rings is 1. The smallest absolute Gasteiger partial charge is 0.194 e. The molecule has 0 aromatic carbocycles. The summed E-state index contributed by atoms with van der Waals surface area (Å²) in [4.78, 5) is 5.65. The van der Waals surface area contributed by atoms with E-state index < -0.39 is 0 Å². The molecule has 4 nitrogen and oxygen atoms in total. The van der Waals surface area contributed by atoms with Gasteiger partial charge in [0.15, 0.2) is 4.96 Å². The van der Waals surface area contributed by atoms with Crippen LogP contribution in [0.15, 0.2) is 5.38 Å². The summed E-state index contributed by atoms with van der Waals surface area (Å²) in [5.74, 6) is 0. The number of hydrogen-bond acceptors (Lipinski definition) is 4. The standard InChI is InChI=1S/C13H21N3OS/c1-9(5-4-6-17)14-7-12-11(3)15-13-16(12)10(2)8-18-13/h8-9,14,17H,4-7H2,1-3H3. The zero-order chi connectivity index (χ0) is 13.1. The summed E-state index contributed by atoms with van der Waals surface area (Å²) in [6, 6.07) is 0.418. The van der Waals surface area contributed by atoms with Gasteiger partial charge in [-0.05, 0) is 33.6 Å². The fourth-order valence-corrected chi connectivity index (χ4v) is 3.08. The van der Waals surface area contributed by atoms with Crippen LogP contribution in [0.4, 0.5) is 0 Å². The summed E-state index contributed by atoms with van der Waals surface area (Å²) < 4.78 is 2.23. The van der Waals surface area contributed by atoms with Crippen molar-refractivity contribution in [3.05, 3.63) is 22.5 Å². The summed E-state index contributed by atoms with van der Waals surface area (Å²) in [6.45, 7) is 7.43. The summed E-state index contributed by atoms with van der Waals surface area (Å²) in [5.41, 5.74) is 3.60. The van der Waals surface area contributed by atoms with Crippen molar-refractivity contribution in [1.82, 2.24) is 14.7 Å². The van der Waals surface area contributed by atoms with Crippen LogP contribution in [0.3, 0.4) is 0 Å². The topological polar surface area (TPSA) is 49.6 Å². The number of thiazole rings is 1. The maximum atomic E-state index is 8.82. The highest BCUT2D eigenvalue weighted by atomic mass is 32.1. The van der Waals surface area contributed by atoms with Gasteiger partial charge in [0.25, 0.3) is 0 Å². The third-order valence-electron chi connectivity index (χ3n) is 3.24. The fraction of sp³-hybridized carbons (Fsp3) is 0.615. The summed E-state index contributed by atoms with van der Waals surface area (Å²) in [6.07, 6.45) is 1.85. The van der Waals surface area contributed by atoms with Crippen molar-refractivity contribution in [3.63, 3.8) is 0 Å². The summed E-state index contributed by atoms with van der Waals surface area (Å²) in [7, 11) is 0. The Bertz CT molecular complexity index is 518. The molecule has 2 aromatic heterocycles. The Kier molecular flexibility index (Phi) is 4.37. The summed E-state index contributed by atoms with van der Waals surface area (Å²) >= 11 is 1.69. The van der Waals surface area contributed by atoms with Crippen LogP contribution in [0, 0.1) is 13.8 Å². The van der Waals surface area contributed by atoms with Gasteiger partial charge in [0, 0.05) is 30.3 Å². The molecular weight excluding hydrogens is 246 g/mol. The zero-order valence-electron chi connectivity index (χ0n) is 11.2. The second-order valence-electron chi connectivity index (χ2n) is 4.79. The van der Waals surface area contributed by atoms with E-state index in [4.69, 9.17) is 5.11 Å². The molecule has 1 atom stereocenters. The van der Waals surface area contributed by atoms with Crippen molar-refractivity contribution in [3.8, 4) is 0 Å². The van der Waals surface area contributed by atoms with Crippen molar-refractivity contribution in [2.45, 2.75) is 46.2 Å². The average molecular weight is 267 g/mol. The van der Waals surface area contributed by atoms with E-state index in [1.165, 1.54) is 11.4 Å². The van der Waals surface area contributed by atoms with E-state index in [9.17, 15) is 0 Å². The third kappa shape index (κ3) is 2.74. The van der Waals surface area contributed by atoms with E-state index in [2.05, 4.69) is 40.9 Å². The highest BCUT2D eigenvalue weighted by Crippen LogP contribution is 2.20. The molecule has 18 heavy (non-hydrogen) atoms. The lowest BCUT2D eigenvalue weighted by molar-refractivity contribution is 0.276. The molecular formula is C13H21N3OS. The van der Waals surface area contributed by atoms with Crippen LogP contribution >= 0.6 is 11.3 Å². The second kappa shape index (κ2) is 5.82. The van der Waals surface area contributed by atoms with E-state index in [1.54, 1.807) is 11.3 Å². The van der Waals surface area contributed by atoms with Crippen molar-refractivity contribution in [2.24, 2.45) is 0 Å². The van der Waals surface area contributed by atoms with Crippen LogP contribution < -0.4 is 5.32 Å². The Morgan fingerprint density at radius 1 is 1.50 bits per heavy atom. The van der Waals surface area contributed by atoms with Gasteiger partial charge in [-0.3, -0.25) is 4.40 Å². The van der Waals surface area contributed by atoms with Gasteiger partial charge >= 0.3 is 0 Å². The first kappa shape index (κ1) is 13.5. The quantitative estimate of drug-likeness (QED) is 0.844. The molecule has 0 amide bonds. The lowest BCUT2D eigenvalue weighted by Crippen LogP contribution is -2.26. The van der Waals surface area contributed by atoms with Gasteiger partial charge in [-0.25, -0.2) is 4.98 Å². The minimum Gasteiger partial charge on any atom is -0.396 e. The van der Waals surface area contributed by atoms with Crippen molar-refractivity contribution in [2.75, 3.05) is 6.61 Å². The molecule has 0 bridgehead atoms. The Morgan fingerprint density at radius 3 is 3.00 bits per heavy atom. The van der Waals surface area contributed by atoms with Gasteiger partial charge in [-0.2, -0.15) is 0 Å². The summed E-state index contributed by atoms with van der Waals surface area (Å²) in [5, 5.41) is 14.5. The Morgan fingerprint density at radius 2 is 2.28 bits per heavy atom. The minimum absolute atomic E-state index is 0.269. The molecule has 2 aromatic rings. The SMILES string of the molecule is Cc1nc2scc(C)n2c1CNC(C)CCCO. The number of aliphatic hydroxyl groups excluding tert-OH is 1. The Balaban J connectivity index is 2.06. The number of aryl methyl sites for hydroxylation is 2. The van der Waals surface area contributed by atoms with Crippen LogP contribution in [-0.2, 0) is 6.54 Å². The molecule has 2 N–H and O–H groups in total. The number of rotatable bonds is 6. The van der Waals surface area contributed by atoms with Crippen LogP contribution in [0.25, 0.3) is 4.96 Å². The molecule has 0 saturated carbocycles. The van der Waals surface area contributed by atoms with Crippen molar-refractivity contribution < 1.29 is 5.11 Å². The van der Waals surface area contributed by atoms with Crippen molar-refractivity contribution >= 4 is 16.3 Å². The molecule has 1 unspecified atom stereocenters. The molecule has 0 aliphatic carbocycles. The number of nitrogens with zero attached hydrogens (tertiary/aromatic N) is 2. The lowest BCUT2D eigenvalue weighted by Gasteiger charge is -2.13. The largest absolute Gasteiger partial charge is 0.396 e. The van der Waals surface area contributed by atoms with E-state index in [-0.39, 0.29) is 6.61 Å². The van der Waals surface area contributed by atoms with Gasteiger partial charge in [-0.1, -0.05) is 0 Å². The Hall–Kier alpha value is -0.910. The monoisotopic (exact) mass is 267 g/mol. The normalized spacial score (nSPS) is 13.3. The molecule has 0 saturated heterocycles. The number of aromatic nitrogens is 2. The van der Waals surface area contributed by atoms with Gasteiger partial charge in [0.05, 0.1) is 11.4 Å². The molecule has 0 aliphatic rings. The average Bonchev–Trinajstić information content (AvgIpc) is 2.84. The zero-order valence-corrected chi connectivity index (χ0v) is 12.0. The number of fused-ring (bicyclic) bond motifs is 1. The van der Waals surface area contributed by atoms with E-state index in [0.29, 0.717) is 6.04 Å². The molecule has 2 heterocycles. The van der Waals surface area contributed by atoms with Crippen LogP contribution in [0.2, 0.25) is 0 Å². The predicted molar refractivity (Wildman–Crippen MR) is 75.2 cm³/mol. The highest BCUT2D eigenvalue weighted by Gasteiger charge is 2.12. The van der Waals surface area contributed by atoms with Gasteiger partial charge in [0.1, 0.15) is 0 Å². The lowest BCUT2D eigenvalue weighted by atomic mass is 10.2. The Labute approximate surface area is 112 Å². The molecule has 0 radical (unpaired) electrons. The van der Waals surface area contributed by atoms with Crippen LogP contribution in [0.1, 0.15) is 36.8 Å². The second-order valence-corrected chi connectivity index (χ2v) is 5.62. The third-order valence-corrected chi connectivity index (χ3v) is 4.19. The molecule has 0 aliphatic heterocycles. The van der Waals surface area contributed by atoms with Gasteiger partial charge in [-0.15, -0.1) is 11.3 Å². The maximum absolute atomic E-state index is 8.82. The molecule has 2 rings (SSSR count). The number of hydrogen-bond donors (Lipinski definition) is 2. The first-order chi connectivity index (χ1) is 8.63. The first-order valence-electron chi connectivity index (χ1n) is 6.39. The molecule has 0 spiro atoms. The van der Waals surface area contributed by atoms with E-state index in [1.807, 2.05) is 0 Å². The van der Waals surface area contributed by atoms with E-state index in [0.717, 1.165) is 30.0 Å². The maximum Gasteiger partial charge on any atom is 0.194 e. The fourth-order valence-electron chi connectivity index (χ4n) is 2.15. The first-order valence-corrected chi connectivity index (χ1v) is 7.27. The van der Waals surface area contributed by atoms with Crippen molar-refractivity contribution in [1.29, 1.82) is 0 Å². The number of aliphatic hydroxyl groups is 1.